The largest absolute Gasteiger partial charge is 0.504 e. The Labute approximate surface area is 136 Å². The number of nitrogens with one attached hydrogen (secondary N) is 1. The molecule has 2 rings (SSSR count). The molecule has 0 atom stereocenters. The lowest BCUT2D eigenvalue weighted by atomic mass is 10.2. The smallest absolute Gasteiger partial charge is 0.272 e. The van der Waals surface area contributed by atoms with Crippen LogP contribution in [0, 0.1) is 0 Å². The van der Waals surface area contributed by atoms with Gasteiger partial charge >= 0.3 is 0 Å². The third-order valence-corrected chi connectivity index (χ3v) is 3.51. The zero-order valence-corrected chi connectivity index (χ0v) is 13.5. The number of aromatic hydroxyl groups is 1. The molecule has 0 heterocycles. The van der Waals surface area contributed by atoms with E-state index in [4.69, 9.17) is 4.74 Å². The molecule has 2 N–H and O–H groups in total. The first-order valence-corrected chi connectivity index (χ1v) is 7.45. The number of hydrogen-bond acceptors (Lipinski definition) is 4. The Kier molecular flexibility index (Phi) is 5.55. The van der Waals surface area contributed by atoms with E-state index in [9.17, 15) is 9.90 Å². The highest BCUT2D eigenvalue weighted by Crippen LogP contribution is 2.28. The lowest BCUT2D eigenvalue weighted by Crippen LogP contribution is -2.18. The quantitative estimate of drug-likeness (QED) is 0.633. The molecule has 0 aliphatic rings. The highest BCUT2D eigenvalue weighted by molar-refractivity contribution is 9.10. The van der Waals surface area contributed by atoms with Crippen molar-refractivity contribution in [3.8, 4) is 11.5 Å². The van der Waals surface area contributed by atoms with E-state index in [-0.39, 0.29) is 11.7 Å². The number of phenols is 1. The van der Waals surface area contributed by atoms with Gasteiger partial charge in [0.05, 0.1) is 18.4 Å². The first-order chi connectivity index (χ1) is 10.6. The highest BCUT2D eigenvalue weighted by Gasteiger charge is 2.08. The van der Waals surface area contributed by atoms with Gasteiger partial charge in [-0.25, -0.2) is 5.43 Å². The van der Waals surface area contributed by atoms with E-state index in [1.165, 1.54) is 6.21 Å². The van der Waals surface area contributed by atoms with Gasteiger partial charge < -0.3 is 9.84 Å². The van der Waals surface area contributed by atoms with Crippen molar-refractivity contribution in [2.45, 2.75) is 6.92 Å². The molecule has 0 saturated heterocycles. The minimum atomic E-state index is -0.343. The van der Waals surface area contributed by atoms with Crippen molar-refractivity contribution in [3.05, 3.63) is 58.1 Å². The van der Waals surface area contributed by atoms with Crippen LogP contribution in [-0.4, -0.2) is 23.8 Å². The van der Waals surface area contributed by atoms with E-state index in [0.717, 1.165) is 0 Å². The summed E-state index contributed by atoms with van der Waals surface area (Å²) in [4.78, 5) is 12.0. The Morgan fingerprint density at radius 1 is 1.32 bits per heavy atom. The molecule has 22 heavy (non-hydrogen) atoms. The van der Waals surface area contributed by atoms with E-state index in [1.54, 1.807) is 36.4 Å². The van der Waals surface area contributed by atoms with E-state index in [1.807, 2.05) is 13.0 Å². The predicted octanol–water partition coefficient (Wildman–Crippen LogP) is 3.32. The summed E-state index contributed by atoms with van der Waals surface area (Å²) >= 11 is 3.30. The standard InChI is InChI=1S/C16H15BrN2O3/c1-2-22-14-9-5-6-11(15(14)20)10-18-19-16(21)12-7-3-4-8-13(12)17/h3-10,20H,2H2,1H3,(H,19,21)/b18-10-. The summed E-state index contributed by atoms with van der Waals surface area (Å²) < 4.78 is 5.97. The van der Waals surface area contributed by atoms with Gasteiger partial charge in [-0.1, -0.05) is 18.2 Å². The number of phenolic OH excluding ortho intramolecular Hbond substituents is 1. The topological polar surface area (TPSA) is 70.9 Å². The van der Waals surface area contributed by atoms with Crippen LogP contribution in [0.4, 0.5) is 0 Å². The number of hydrogen-bond donors (Lipinski definition) is 2. The van der Waals surface area contributed by atoms with Crippen LogP contribution < -0.4 is 10.2 Å². The maximum Gasteiger partial charge on any atom is 0.272 e. The molecular weight excluding hydrogens is 348 g/mol. The van der Waals surface area contributed by atoms with Crippen LogP contribution in [0.25, 0.3) is 0 Å². The van der Waals surface area contributed by atoms with Crippen molar-refractivity contribution in [2.24, 2.45) is 5.10 Å². The van der Waals surface area contributed by atoms with Crippen LogP contribution in [0.15, 0.2) is 52.0 Å². The molecule has 0 aliphatic heterocycles. The lowest BCUT2D eigenvalue weighted by molar-refractivity contribution is 0.0954. The Balaban J connectivity index is 2.09. The molecule has 0 bridgehead atoms. The maximum atomic E-state index is 12.0. The fourth-order valence-electron chi connectivity index (χ4n) is 1.78. The van der Waals surface area contributed by atoms with Gasteiger partial charge in [-0.15, -0.1) is 0 Å². The van der Waals surface area contributed by atoms with Crippen LogP contribution in [0.2, 0.25) is 0 Å². The maximum absolute atomic E-state index is 12.0. The number of hydrazone groups is 1. The van der Waals surface area contributed by atoms with E-state index in [2.05, 4.69) is 26.5 Å². The number of ether oxygens (including phenoxy) is 1. The van der Waals surface area contributed by atoms with Crippen molar-refractivity contribution in [1.82, 2.24) is 5.43 Å². The SMILES string of the molecule is CCOc1cccc(/C=N\NC(=O)c2ccccc2Br)c1O. The molecule has 0 spiro atoms. The summed E-state index contributed by atoms with van der Waals surface area (Å²) in [5.74, 6) is 0.0241. The summed E-state index contributed by atoms with van der Waals surface area (Å²) in [5.41, 5.74) is 3.35. The summed E-state index contributed by atoms with van der Waals surface area (Å²) in [5, 5.41) is 13.9. The van der Waals surface area contributed by atoms with Gasteiger partial charge in [0.15, 0.2) is 11.5 Å². The second-order valence-electron chi connectivity index (χ2n) is 4.31. The fourth-order valence-corrected chi connectivity index (χ4v) is 2.25. The van der Waals surface area contributed by atoms with Crippen LogP contribution in [-0.2, 0) is 0 Å². The number of benzene rings is 2. The van der Waals surface area contributed by atoms with Gasteiger partial charge in [0.2, 0.25) is 0 Å². The molecule has 5 nitrogen and oxygen atoms in total. The molecule has 6 heteroatoms. The second kappa shape index (κ2) is 7.61. The molecule has 1 amide bonds. The third-order valence-electron chi connectivity index (χ3n) is 2.82. The summed E-state index contributed by atoms with van der Waals surface area (Å²) in [6.45, 7) is 2.28. The van der Waals surface area contributed by atoms with Crippen LogP contribution in [0.5, 0.6) is 11.5 Å². The van der Waals surface area contributed by atoms with E-state index >= 15 is 0 Å². The molecule has 0 radical (unpaired) electrons. The van der Waals surface area contributed by atoms with Crippen LogP contribution in [0.1, 0.15) is 22.8 Å². The molecule has 2 aromatic carbocycles. The van der Waals surface area contributed by atoms with Crippen molar-refractivity contribution < 1.29 is 14.6 Å². The number of rotatable bonds is 5. The fraction of sp³-hybridized carbons (Fsp3) is 0.125. The Hall–Kier alpha value is -2.34. The van der Waals surface area contributed by atoms with Crippen molar-refractivity contribution in [1.29, 1.82) is 0 Å². The van der Waals surface area contributed by atoms with Crippen molar-refractivity contribution in [3.63, 3.8) is 0 Å². The number of nitrogens with zero attached hydrogens (tertiary/aromatic N) is 1. The molecule has 114 valence electrons. The third kappa shape index (κ3) is 3.85. The molecule has 0 fully saturated rings. The molecule has 0 saturated carbocycles. The number of carbonyl (C=O) groups excluding carboxylic acids is 1. The van der Waals surface area contributed by atoms with Crippen LogP contribution >= 0.6 is 15.9 Å². The zero-order valence-electron chi connectivity index (χ0n) is 11.9. The molecular formula is C16H15BrN2O3. The van der Waals surface area contributed by atoms with Gasteiger partial charge in [-0.05, 0) is 47.1 Å². The number of carbonyl (C=O) groups is 1. The van der Waals surface area contributed by atoms with Gasteiger partial charge in [-0.2, -0.15) is 5.10 Å². The summed E-state index contributed by atoms with van der Waals surface area (Å²) in [6, 6.07) is 12.1. The molecule has 0 unspecified atom stereocenters. The first kappa shape index (κ1) is 16.0. The Morgan fingerprint density at radius 3 is 2.82 bits per heavy atom. The minimum absolute atomic E-state index is 0.0109. The van der Waals surface area contributed by atoms with Crippen LogP contribution in [0.3, 0.4) is 0 Å². The second-order valence-corrected chi connectivity index (χ2v) is 5.16. The number of para-hydroxylation sites is 1. The molecule has 0 aromatic heterocycles. The van der Waals surface area contributed by atoms with Gasteiger partial charge in [0.1, 0.15) is 0 Å². The highest BCUT2D eigenvalue weighted by atomic mass is 79.9. The Morgan fingerprint density at radius 2 is 2.09 bits per heavy atom. The number of amides is 1. The molecule has 2 aromatic rings. The normalized spacial score (nSPS) is 10.6. The average Bonchev–Trinajstić information content (AvgIpc) is 2.51. The average molecular weight is 363 g/mol. The monoisotopic (exact) mass is 362 g/mol. The van der Waals surface area contributed by atoms with Gasteiger partial charge in [0.25, 0.3) is 5.91 Å². The molecule has 0 aliphatic carbocycles. The summed E-state index contributed by atoms with van der Waals surface area (Å²) in [7, 11) is 0. The van der Waals surface area contributed by atoms with Crippen molar-refractivity contribution in [2.75, 3.05) is 6.61 Å². The first-order valence-electron chi connectivity index (χ1n) is 6.66. The van der Waals surface area contributed by atoms with Crippen molar-refractivity contribution >= 4 is 28.1 Å². The Bertz CT molecular complexity index is 702. The van der Waals surface area contributed by atoms with E-state index in [0.29, 0.717) is 28.0 Å². The minimum Gasteiger partial charge on any atom is -0.504 e. The predicted molar refractivity (Wildman–Crippen MR) is 88.5 cm³/mol. The van der Waals surface area contributed by atoms with Gasteiger partial charge in [0, 0.05) is 10.0 Å². The van der Waals surface area contributed by atoms with Gasteiger partial charge in [-0.3, -0.25) is 4.79 Å². The lowest BCUT2D eigenvalue weighted by Gasteiger charge is -2.07. The summed E-state index contributed by atoms with van der Waals surface area (Å²) in [6.07, 6.45) is 1.37. The number of halogens is 1. The zero-order chi connectivity index (χ0) is 15.9. The van der Waals surface area contributed by atoms with E-state index < -0.39 is 0 Å².